The number of aromatic nitrogens is 1. The van der Waals surface area contributed by atoms with Gasteiger partial charge in [-0.3, -0.25) is 0 Å². The van der Waals surface area contributed by atoms with Gasteiger partial charge in [0, 0.05) is 42.2 Å². The van der Waals surface area contributed by atoms with Gasteiger partial charge in [0.25, 0.3) is 0 Å². The summed E-state index contributed by atoms with van der Waals surface area (Å²) >= 11 is 0. The van der Waals surface area contributed by atoms with Gasteiger partial charge >= 0.3 is 0 Å². The lowest BCUT2D eigenvalue weighted by Crippen LogP contribution is -2.21. The molecule has 0 fully saturated rings. The van der Waals surface area contributed by atoms with E-state index in [0.29, 0.717) is 0 Å². The van der Waals surface area contributed by atoms with Crippen LogP contribution in [-0.4, -0.2) is 23.0 Å². The van der Waals surface area contributed by atoms with Crippen molar-refractivity contribution in [2.75, 3.05) is 13.1 Å². The van der Waals surface area contributed by atoms with Gasteiger partial charge in [-0.05, 0) is 42.3 Å². The number of para-hydroxylation sites is 1. The van der Waals surface area contributed by atoms with Crippen molar-refractivity contribution in [2.45, 2.75) is 19.3 Å². The monoisotopic (exact) mass is 326 g/mol. The van der Waals surface area contributed by atoms with Crippen molar-refractivity contribution in [1.82, 2.24) is 9.88 Å². The molecule has 0 unspecified atom stereocenters. The van der Waals surface area contributed by atoms with Gasteiger partial charge in [-0.2, -0.15) is 0 Å². The van der Waals surface area contributed by atoms with Gasteiger partial charge < -0.3 is 9.88 Å². The minimum Gasteiger partial charge on any atom is -0.373 e. The third kappa shape index (κ3) is 3.61. The van der Waals surface area contributed by atoms with Gasteiger partial charge in [-0.15, -0.1) is 0 Å². The van der Waals surface area contributed by atoms with E-state index < -0.39 is 0 Å². The van der Waals surface area contributed by atoms with Crippen molar-refractivity contribution in [3.05, 3.63) is 83.8 Å². The maximum atomic E-state index is 3.32. The van der Waals surface area contributed by atoms with E-state index in [1.807, 2.05) is 12.3 Å². The summed E-state index contributed by atoms with van der Waals surface area (Å²) in [5, 5.41) is 1.20. The van der Waals surface area contributed by atoms with Gasteiger partial charge in [0.1, 0.15) is 0 Å². The van der Waals surface area contributed by atoms with E-state index in [-0.39, 0.29) is 0 Å². The van der Waals surface area contributed by atoms with Crippen LogP contribution >= 0.6 is 0 Å². The van der Waals surface area contributed by atoms with E-state index in [2.05, 4.69) is 76.5 Å². The lowest BCUT2D eigenvalue weighted by Gasteiger charge is -2.23. The summed E-state index contributed by atoms with van der Waals surface area (Å²) in [4.78, 5) is 5.60. The fourth-order valence-electron chi connectivity index (χ4n) is 3.30. The number of aromatic amines is 1. The van der Waals surface area contributed by atoms with Crippen molar-refractivity contribution in [2.24, 2.45) is 0 Å². The zero-order valence-corrected chi connectivity index (χ0v) is 14.3. The molecule has 2 heteroatoms. The summed E-state index contributed by atoms with van der Waals surface area (Å²) in [6.07, 6.45) is 18.6. The Bertz CT molecular complexity index is 941. The molecular weight excluding hydrogens is 304 g/mol. The number of nitrogens with zero attached hydrogens (tertiary/aromatic N) is 1. The first-order chi connectivity index (χ1) is 12.4. The van der Waals surface area contributed by atoms with E-state index in [9.17, 15) is 0 Å². The number of nitrogens with one attached hydrogen (secondary N) is 1. The third-order valence-electron chi connectivity index (χ3n) is 4.72. The standard InChI is InChI=1S/C23H22N2/c1-2-8-19(9-3-1)20-13-16-25(17-14-20)15-7-6-10-21-18-24-23-12-5-4-11-22(21)23/h1-2,4-5,9,11-14,16,18,24H,3,7-8,15,17H2. The highest BCUT2D eigenvalue weighted by Gasteiger charge is 2.08. The molecule has 2 aliphatic rings. The lowest BCUT2D eigenvalue weighted by atomic mass is 9.96. The molecule has 1 N–H and O–H groups in total. The van der Waals surface area contributed by atoms with Crippen LogP contribution in [0.15, 0.2) is 78.2 Å². The molecule has 2 heterocycles. The van der Waals surface area contributed by atoms with Crippen LogP contribution in [0.1, 0.15) is 24.8 Å². The van der Waals surface area contributed by atoms with Crippen LogP contribution in [0, 0.1) is 11.8 Å². The predicted molar refractivity (Wildman–Crippen MR) is 105 cm³/mol. The molecule has 1 aliphatic heterocycles. The highest BCUT2D eigenvalue weighted by molar-refractivity contribution is 5.85. The Hall–Kier alpha value is -2.92. The highest BCUT2D eigenvalue weighted by Crippen LogP contribution is 2.23. The average molecular weight is 326 g/mol. The van der Waals surface area contributed by atoms with Gasteiger partial charge in [-0.25, -0.2) is 0 Å². The molecule has 25 heavy (non-hydrogen) atoms. The van der Waals surface area contributed by atoms with Gasteiger partial charge in [0.15, 0.2) is 0 Å². The first kappa shape index (κ1) is 15.6. The maximum Gasteiger partial charge on any atom is 0.0498 e. The molecule has 0 atom stereocenters. The summed E-state index contributed by atoms with van der Waals surface area (Å²) in [7, 11) is 0. The summed E-state index contributed by atoms with van der Waals surface area (Å²) in [6, 6.07) is 8.30. The van der Waals surface area contributed by atoms with Crippen LogP contribution in [0.2, 0.25) is 0 Å². The molecule has 4 rings (SSSR count). The van der Waals surface area contributed by atoms with E-state index in [1.54, 1.807) is 0 Å². The average Bonchev–Trinajstić information content (AvgIpc) is 3.10. The van der Waals surface area contributed by atoms with Crippen LogP contribution in [0.5, 0.6) is 0 Å². The van der Waals surface area contributed by atoms with Crippen LogP contribution in [0.4, 0.5) is 0 Å². The summed E-state index contributed by atoms with van der Waals surface area (Å²) in [6.45, 7) is 1.94. The minimum atomic E-state index is 0.873. The molecule has 2 aromatic rings. The van der Waals surface area contributed by atoms with Gasteiger partial charge in [-0.1, -0.05) is 54.3 Å². The van der Waals surface area contributed by atoms with E-state index in [4.69, 9.17) is 0 Å². The van der Waals surface area contributed by atoms with Crippen LogP contribution < -0.4 is 0 Å². The first-order valence-electron chi connectivity index (χ1n) is 8.92. The smallest absolute Gasteiger partial charge is 0.0498 e. The number of fused-ring (bicyclic) bond motifs is 1. The number of hydrogen-bond donors (Lipinski definition) is 1. The van der Waals surface area contributed by atoms with Crippen molar-refractivity contribution < 1.29 is 0 Å². The Kier molecular flexibility index (Phi) is 4.57. The topological polar surface area (TPSA) is 19.0 Å². The SMILES string of the molecule is C(#Cc1c[nH]c2ccccc12)CCN1C=CC(C2=CCC=CC2)=CC1. The van der Waals surface area contributed by atoms with E-state index in [1.165, 1.54) is 16.5 Å². The summed E-state index contributed by atoms with van der Waals surface area (Å²) in [5.74, 6) is 6.62. The minimum absolute atomic E-state index is 0.873. The molecular formula is C23H22N2. The number of H-pyrrole nitrogens is 1. The Morgan fingerprint density at radius 1 is 1.12 bits per heavy atom. The van der Waals surface area contributed by atoms with E-state index >= 15 is 0 Å². The highest BCUT2D eigenvalue weighted by atomic mass is 15.1. The Balaban J connectivity index is 1.31. The summed E-state index contributed by atoms with van der Waals surface area (Å²) < 4.78 is 0. The Morgan fingerprint density at radius 2 is 2.08 bits per heavy atom. The second-order valence-corrected chi connectivity index (χ2v) is 6.41. The molecule has 124 valence electrons. The quantitative estimate of drug-likeness (QED) is 0.625. The molecule has 0 saturated carbocycles. The molecule has 1 aromatic heterocycles. The molecule has 0 radical (unpaired) electrons. The first-order valence-corrected chi connectivity index (χ1v) is 8.92. The third-order valence-corrected chi connectivity index (χ3v) is 4.72. The largest absolute Gasteiger partial charge is 0.373 e. The fraction of sp³-hybridized carbons (Fsp3) is 0.217. The van der Waals surface area contributed by atoms with Crippen LogP contribution in [0.3, 0.4) is 0 Å². The zero-order valence-electron chi connectivity index (χ0n) is 14.3. The lowest BCUT2D eigenvalue weighted by molar-refractivity contribution is 0.420. The van der Waals surface area contributed by atoms with Crippen molar-refractivity contribution >= 4 is 10.9 Å². The molecule has 1 aromatic carbocycles. The molecule has 0 amide bonds. The maximum absolute atomic E-state index is 3.32. The van der Waals surface area contributed by atoms with E-state index in [0.717, 1.165) is 43.4 Å². The number of allylic oxidation sites excluding steroid dienone is 6. The predicted octanol–water partition coefficient (Wildman–Crippen LogP) is 4.94. The second-order valence-electron chi connectivity index (χ2n) is 6.41. The van der Waals surface area contributed by atoms with Crippen LogP contribution in [0.25, 0.3) is 10.9 Å². The van der Waals surface area contributed by atoms with Gasteiger partial charge in [0.2, 0.25) is 0 Å². The van der Waals surface area contributed by atoms with Crippen molar-refractivity contribution in [1.29, 1.82) is 0 Å². The molecule has 0 spiro atoms. The molecule has 2 nitrogen and oxygen atoms in total. The van der Waals surface area contributed by atoms with Crippen molar-refractivity contribution in [3.8, 4) is 11.8 Å². The Morgan fingerprint density at radius 3 is 2.92 bits per heavy atom. The number of hydrogen-bond acceptors (Lipinski definition) is 1. The molecule has 1 aliphatic carbocycles. The zero-order chi connectivity index (χ0) is 16.9. The fourth-order valence-corrected chi connectivity index (χ4v) is 3.30. The Labute approximate surface area is 149 Å². The molecule has 0 saturated heterocycles. The number of rotatable bonds is 3. The normalized spacial score (nSPS) is 16.4. The van der Waals surface area contributed by atoms with Crippen molar-refractivity contribution in [3.63, 3.8) is 0 Å². The summed E-state index contributed by atoms with van der Waals surface area (Å²) in [5.41, 5.74) is 5.07. The second kappa shape index (κ2) is 7.32. The van der Waals surface area contributed by atoms with Gasteiger partial charge in [0.05, 0.1) is 0 Å². The van der Waals surface area contributed by atoms with Crippen LogP contribution in [-0.2, 0) is 0 Å². The molecule has 0 bridgehead atoms. The number of benzene rings is 1.